The third-order valence-electron chi connectivity index (χ3n) is 3.74. The molecule has 6 heteroatoms. The molecule has 1 aliphatic rings. The van der Waals surface area contributed by atoms with Gasteiger partial charge in [-0.1, -0.05) is 0 Å². The number of likely N-dealkylation sites (N-methyl/N-ethyl adjacent to an activating group) is 1. The topological polar surface area (TPSA) is 39.3 Å². The van der Waals surface area contributed by atoms with Gasteiger partial charge < -0.3 is 14.8 Å². The number of hydrogen-bond donors (Lipinski definition) is 1. The Hall–Kier alpha value is -0.850. The molecule has 20 heavy (non-hydrogen) atoms. The summed E-state index contributed by atoms with van der Waals surface area (Å²) in [5, 5.41) is 0.962. The van der Waals surface area contributed by atoms with Gasteiger partial charge in [0.25, 0.3) is 5.91 Å². The number of H-pyrrole nitrogens is 1. The molecule has 106 valence electrons. The van der Waals surface area contributed by atoms with Crippen LogP contribution < -0.4 is 0 Å². The summed E-state index contributed by atoms with van der Waals surface area (Å²) in [7, 11) is 2.09. The van der Waals surface area contributed by atoms with E-state index in [2.05, 4.69) is 48.8 Å². The van der Waals surface area contributed by atoms with Gasteiger partial charge in [-0.05, 0) is 51.0 Å². The number of aromatic amines is 1. The molecule has 1 aliphatic heterocycles. The normalized spacial score (nSPS) is 16.9. The van der Waals surface area contributed by atoms with E-state index in [0.717, 1.165) is 51.6 Å². The number of nitrogens with zero attached hydrogens (tertiary/aromatic N) is 2. The summed E-state index contributed by atoms with van der Waals surface area (Å²) < 4.78 is 1.93. The fourth-order valence-corrected chi connectivity index (χ4v) is 3.16. The molecule has 0 aliphatic carbocycles. The van der Waals surface area contributed by atoms with Crippen molar-refractivity contribution in [3.05, 3.63) is 32.8 Å². The summed E-state index contributed by atoms with van der Waals surface area (Å²) in [6.07, 6.45) is 1.81. The number of rotatable bonds is 1. The summed E-state index contributed by atoms with van der Waals surface area (Å²) in [4.78, 5) is 20.0. The molecule has 1 N–H and O–H groups in total. The zero-order chi connectivity index (χ0) is 14.3. The molecule has 2 heterocycles. The van der Waals surface area contributed by atoms with Crippen LogP contribution >= 0.6 is 31.9 Å². The fourth-order valence-electron chi connectivity index (χ4n) is 2.47. The predicted octanol–water partition coefficient (Wildman–Crippen LogP) is 3.08. The lowest BCUT2D eigenvalue weighted by Crippen LogP contribution is -2.47. The van der Waals surface area contributed by atoms with Gasteiger partial charge in [-0.15, -0.1) is 0 Å². The number of piperazine rings is 1. The lowest BCUT2D eigenvalue weighted by molar-refractivity contribution is 0.0666. The number of halogens is 2. The molecular weight excluding hydrogens is 386 g/mol. The minimum absolute atomic E-state index is 0.110. The molecular formula is C14H15Br2N3O. The van der Waals surface area contributed by atoms with E-state index in [1.165, 1.54) is 0 Å². The third-order valence-corrected chi connectivity index (χ3v) is 5.59. The van der Waals surface area contributed by atoms with Crippen LogP contribution in [-0.4, -0.2) is 53.9 Å². The van der Waals surface area contributed by atoms with Gasteiger partial charge in [-0.3, -0.25) is 4.79 Å². The van der Waals surface area contributed by atoms with E-state index in [0.29, 0.717) is 0 Å². The number of fused-ring (bicyclic) bond motifs is 1. The van der Waals surface area contributed by atoms with Gasteiger partial charge in [-0.2, -0.15) is 0 Å². The van der Waals surface area contributed by atoms with Crippen molar-refractivity contribution in [2.45, 2.75) is 0 Å². The average Bonchev–Trinajstić information content (AvgIpc) is 2.82. The van der Waals surface area contributed by atoms with E-state index in [1.807, 2.05) is 23.2 Å². The molecule has 0 spiro atoms. The van der Waals surface area contributed by atoms with Crippen molar-refractivity contribution in [2.24, 2.45) is 0 Å². The third kappa shape index (κ3) is 2.52. The highest BCUT2D eigenvalue weighted by molar-refractivity contribution is 9.13. The monoisotopic (exact) mass is 399 g/mol. The minimum atomic E-state index is 0.110. The summed E-state index contributed by atoms with van der Waals surface area (Å²) >= 11 is 6.97. The Kier molecular flexibility index (Phi) is 3.88. The van der Waals surface area contributed by atoms with Crippen LogP contribution in [0.2, 0.25) is 0 Å². The Morgan fingerprint density at radius 3 is 2.50 bits per heavy atom. The van der Waals surface area contributed by atoms with E-state index in [-0.39, 0.29) is 5.91 Å². The first-order valence-electron chi connectivity index (χ1n) is 6.50. The number of carbonyl (C=O) groups excluding carboxylic acids is 1. The predicted molar refractivity (Wildman–Crippen MR) is 87.1 cm³/mol. The molecule has 0 unspecified atom stereocenters. The van der Waals surface area contributed by atoms with Crippen LogP contribution in [0.1, 0.15) is 10.4 Å². The van der Waals surface area contributed by atoms with Crippen LogP contribution in [0.5, 0.6) is 0 Å². The Bertz CT molecular complexity index is 660. The highest BCUT2D eigenvalue weighted by Gasteiger charge is 2.22. The van der Waals surface area contributed by atoms with Crippen LogP contribution in [0.3, 0.4) is 0 Å². The second-order valence-electron chi connectivity index (χ2n) is 5.11. The van der Waals surface area contributed by atoms with Gasteiger partial charge in [0, 0.05) is 52.2 Å². The highest BCUT2D eigenvalue weighted by atomic mass is 79.9. The average molecular weight is 401 g/mol. The van der Waals surface area contributed by atoms with Crippen molar-refractivity contribution in [1.29, 1.82) is 0 Å². The second-order valence-corrected chi connectivity index (χ2v) is 6.82. The Morgan fingerprint density at radius 2 is 1.80 bits per heavy atom. The zero-order valence-electron chi connectivity index (χ0n) is 11.1. The molecule has 1 fully saturated rings. The summed E-state index contributed by atoms with van der Waals surface area (Å²) in [6, 6.07) is 3.97. The van der Waals surface area contributed by atoms with Crippen LogP contribution in [0.4, 0.5) is 0 Å². The van der Waals surface area contributed by atoms with Crippen molar-refractivity contribution in [3.8, 4) is 0 Å². The molecule has 0 radical (unpaired) electrons. The molecule has 1 saturated heterocycles. The first kappa shape index (κ1) is 14.1. The first-order valence-corrected chi connectivity index (χ1v) is 8.09. The van der Waals surface area contributed by atoms with Gasteiger partial charge >= 0.3 is 0 Å². The van der Waals surface area contributed by atoms with Crippen LogP contribution in [0.15, 0.2) is 27.3 Å². The molecule has 1 aromatic carbocycles. The van der Waals surface area contributed by atoms with E-state index in [1.54, 1.807) is 0 Å². The van der Waals surface area contributed by atoms with Crippen LogP contribution in [0, 0.1) is 0 Å². The largest absolute Gasteiger partial charge is 0.360 e. The smallest absolute Gasteiger partial charge is 0.256 e. The summed E-state index contributed by atoms with van der Waals surface area (Å²) in [5.74, 6) is 0.110. The number of aromatic nitrogens is 1. The Morgan fingerprint density at radius 1 is 1.15 bits per heavy atom. The molecule has 0 atom stereocenters. The standard InChI is InChI=1S/C14H15Br2N3O/c1-18-2-4-19(5-3-18)14(20)10-8-17-13-7-12(16)11(15)6-9(10)13/h6-8,17H,2-5H2,1H3. The highest BCUT2D eigenvalue weighted by Crippen LogP contribution is 2.30. The molecule has 3 rings (SSSR count). The Balaban J connectivity index is 1.94. The molecule has 2 aromatic rings. The molecule has 0 saturated carbocycles. The van der Waals surface area contributed by atoms with E-state index in [9.17, 15) is 4.79 Å². The maximum absolute atomic E-state index is 12.6. The second kappa shape index (κ2) is 5.50. The van der Waals surface area contributed by atoms with Gasteiger partial charge in [0.15, 0.2) is 0 Å². The number of benzene rings is 1. The van der Waals surface area contributed by atoms with Gasteiger partial charge in [0.2, 0.25) is 0 Å². The molecule has 4 nitrogen and oxygen atoms in total. The van der Waals surface area contributed by atoms with Gasteiger partial charge in [0.05, 0.1) is 5.56 Å². The number of nitrogens with one attached hydrogen (secondary N) is 1. The van der Waals surface area contributed by atoms with Crippen molar-refractivity contribution in [2.75, 3.05) is 33.2 Å². The number of hydrogen-bond acceptors (Lipinski definition) is 2. The number of carbonyl (C=O) groups is 1. The SMILES string of the molecule is CN1CCN(C(=O)c2c[nH]c3cc(Br)c(Br)cc23)CC1. The van der Waals surface area contributed by atoms with Crippen molar-refractivity contribution < 1.29 is 4.79 Å². The minimum Gasteiger partial charge on any atom is -0.360 e. The van der Waals surface area contributed by atoms with Crippen molar-refractivity contribution >= 4 is 48.7 Å². The van der Waals surface area contributed by atoms with Crippen LogP contribution in [0.25, 0.3) is 10.9 Å². The quantitative estimate of drug-likeness (QED) is 0.798. The van der Waals surface area contributed by atoms with Crippen LogP contribution in [-0.2, 0) is 0 Å². The maximum atomic E-state index is 12.6. The summed E-state index contributed by atoms with van der Waals surface area (Å²) in [6.45, 7) is 3.45. The van der Waals surface area contributed by atoms with E-state index in [4.69, 9.17) is 0 Å². The van der Waals surface area contributed by atoms with Gasteiger partial charge in [-0.25, -0.2) is 0 Å². The fraction of sp³-hybridized carbons (Fsp3) is 0.357. The van der Waals surface area contributed by atoms with E-state index >= 15 is 0 Å². The number of amides is 1. The van der Waals surface area contributed by atoms with E-state index < -0.39 is 0 Å². The molecule has 1 amide bonds. The molecule has 0 bridgehead atoms. The summed E-state index contributed by atoms with van der Waals surface area (Å²) in [5.41, 5.74) is 1.72. The van der Waals surface area contributed by atoms with Crippen molar-refractivity contribution in [1.82, 2.24) is 14.8 Å². The van der Waals surface area contributed by atoms with Crippen molar-refractivity contribution in [3.63, 3.8) is 0 Å². The Labute approximate surface area is 134 Å². The lowest BCUT2D eigenvalue weighted by atomic mass is 10.1. The molecule has 1 aromatic heterocycles. The van der Waals surface area contributed by atoms with Gasteiger partial charge in [0.1, 0.15) is 0 Å². The zero-order valence-corrected chi connectivity index (χ0v) is 14.3. The maximum Gasteiger partial charge on any atom is 0.256 e. The lowest BCUT2D eigenvalue weighted by Gasteiger charge is -2.32. The first-order chi connectivity index (χ1) is 9.56.